The van der Waals surface area contributed by atoms with Gasteiger partial charge in [0.25, 0.3) is 0 Å². The maximum atomic E-state index is 11.8. The van der Waals surface area contributed by atoms with Gasteiger partial charge in [-0.2, -0.15) is 0 Å². The quantitative estimate of drug-likeness (QED) is 0.428. The molecule has 0 saturated carbocycles. The minimum absolute atomic E-state index is 0.00554. The number of rotatable bonds is 10. The predicted octanol–water partition coefficient (Wildman–Crippen LogP) is 0.283. The third kappa shape index (κ3) is 8.29. The van der Waals surface area contributed by atoms with Crippen molar-refractivity contribution in [1.29, 1.82) is 0 Å². The summed E-state index contributed by atoms with van der Waals surface area (Å²) in [5.74, 6) is -0.411. The fourth-order valence-electron chi connectivity index (χ4n) is 1.64. The standard InChI is InChI=1S/C14H26N2O5/c1-5-12(17)15(3)7-8-16(13(18)6-2)9-10-21-11-14(19)20-4/h5-11H2,1-4H3. The van der Waals surface area contributed by atoms with Gasteiger partial charge >= 0.3 is 5.97 Å². The number of nitrogens with zero attached hydrogens (tertiary/aromatic N) is 2. The van der Waals surface area contributed by atoms with Crippen LogP contribution in [0.2, 0.25) is 0 Å². The Bertz CT molecular complexity index is 346. The van der Waals surface area contributed by atoms with Crippen LogP contribution in [0.25, 0.3) is 0 Å². The lowest BCUT2D eigenvalue weighted by Crippen LogP contribution is -2.40. The van der Waals surface area contributed by atoms with Gasteiger partial charge in [-0.3, -0.25) is 9.59 Å². The Kier molecular flexibility index (Phi) is 10.2. The van der Waals surface area contributed by atoms with E-state index in [1.165, 1.54) is 7.11 Å². The smallest absolute Gasteiger partial charge is 0.331 e. The Labute approximate surface area is 126 Å². The van der Waals surface area contributed by atoms with E-state index in [0.717, 1.165) is 0 Å². The molecule has 2 amide bonds. The van der Waals surface area contributed by atoms with Gasteiger partial charge in [0.05, 0.1) is 13.7 Å². The van der Waals surface area contributed by atoms with E-state index in [0.29, 0.717) is 32.5 Å². The van der Waals surface area contributed by atoms with Crippen molar-refractivity contribution in [1.82, 2.24) is 9.80 Å². The highest BCUT2D eigenvalue weighted by Gasteiger charge is 2.14. The van der Waals surface area contributed by atoms with Crippen molar-refractivity contribution in [2.24, 2.45) is 0 Å². The molecule has 0 saturated heterocycles. The van der Waals surface area contributed by atoms with Crippen molar-refractivity contribution < 1.29 is 23.9 Å². The molecule has 0 radical (unpaired) electrons. The highest BCUT2D eigenvalue weighted by Crippen LogP contribution is 1.97. The van der Waals surface area contributed by atoms with E-state index >= 15 is 0 Å². The van der Waals surface area contributed by atoms with Crippen LogP contribution in [0.5, 0.6) is 0 Å². The zero-order valence-electron chi connectivity index (χ0n) is 13.4. The fourth-order valence-corrected chi connectivity index (χ4v) is 1.64. The predicted molar refractivity (Wildman–Crippen MR) is 77.6 cm³/mol. The molecular formula is C14H26N2O5. The molecule has 0 bridgehead atoms. The molecule has 0 heterocycles. The molecule has 0 N–H and O–H groups in total. The molecule has 0 aliphatic heterocycles. The molecule has 0 aliphatic carbocycles. The maximum absolute atomic E-state index is 11.8. The molecule has 7 heteroatoms. The number of esters is 1. The van der Waals surface area contributed by atoms with Gasteiger partial charge in [0, 0.05) is 39.5 Å². The summed E-state index contributed by atoms with van der Waals surface area (Å²) in [6.07, 6.45) is 0.836. The monoisotopic (exact) mass is 302 g/mol. The molecule has 0 unspecified atom stereocenters. The van der Waals surface area contributed by atoms with E-state index in [2.05, 4.69) is 4.74 Å². The van der Waals surface area contributed by atoms with Gasteiger partial charge in [0.1, 0.15) is 6.61 Å². The lowest BCUT2D eigenvalue weighted by atomic mass is 10.3. The summed E-state index contributed by atoms with van der Waals surface area (Å²) in [4.78, 5) is 37.4. The first-order valence-electron chi connectivity index (χ1n) is 7.12. The summed E-state index contributed by atoms with van der Waals surface area (Å²) in [6, 6.07) is 0. The van der Waals surface area contributed by atoms with Crippen molar-refractivity contribution in [3.05, 3.63) is 0 Å². The summed E-state index contributed by atoms with van der Waals surface area (Å²) in [5.41, 5.74) is 0. The van der Waals surface area contributed by atoms with Gasteiger partial charge < -0.3 is 19.3 Å². The van der Waals surface area contributed by atoms with E-state index in [1.807, 2.05) is 0 Å². The number of amides is 2. The SMILES string of the molecule is CCC(=O)N(C)CCN(CCOCC(=O)OC)C(=O)CC. The van der Waals surface area contributed by atoms with E-state index in [9.17, 15) is 14.4 Å². The Hall–Kier alpha value is -1.63. The number of likely N-dealkylation sites (N-methyl/N-ethyl adjacent to an activating group) is 1. The first-order valence-corrected chi connectivity index (χ1v) is 7.12. The Balaban J connectivity index is 4.18. The van der Waals surface area contributed by atoms with Gasteiger partial charge in [-0.15, -0.1) is 0 Å². The average Bonchev–Trinajstić information content (AvgIpc) is 2.51. The Morgan fingerprint density at radius 2 is 1.57 bits per heavy atom. The largest absolute Gasteiger partial charge is 0.467 e. The normalized spacial score (nSPS) is 10.1. The number of hydrogen-bond donors (Lipinski definition) is 0. The minimum atomic E-state index is -0.448. The van der Waals surface area contributed by atoms with Crippen molar-refractivity contribution >= 4 is 17.8 Å². The highest BCUT2D eigenvalue weighted by molar-refractivity contribution is 5.76. The molecular weight excluding hydrogens is 276 g/mol. The van der Waals surface area contributed by atoms with E-state index in [-0.39, 0.29) is 25.0 Å². The minimum Gasteiger partial charge on any atom is -0.467 e. The number of methoxy groups -OCH3 is 1. The molecule has 0 aliphatic rings. The molecule has 21 heavy (non-hydrogen) atoms. The summed E-state index contributed by atoms with van der Waals surface area (Å²) in [5, 5.41) is 0. The topological polar surface area (TPSA) is 76.2 Å². The Morgan fingerprint density at radius 1 is 0.952 bits per heavy atom. The molecule has 0 aromatic rings. The van der Waals surface area contributed by atoms with Gasteiger partial charge in [-0.05, 0) is 0 Å². The third-order valence-electron chi connectivity index (χ3n) is 3.04. The average molecular weight is 302 g/mol. The second-order valence-electron chi connectivity index (χ2n) is 4.53. The van der Waals surface area contributed by atoms with Crippen LogP contribution in [0.15, 0.2) is 0 Å². The molecule has 0 aromatic heterocycles. The first kappa shape index (κ1) is 19.4. The van der Waals surface area contributed by atoms with Crippen molar-refractivity contribution in [2.75, 3.05) is 47.0 Å². The van der Waals surface area contributed by atoms with Crippen LogP contribution < -0.4 is 0 Å². The molecule has 0 fully saturated rings. The molecule has 0 spiro atoms. The van der Waals surface area contributed by atoms with Crippen LogP contribution in [0.4, 0.5) is 0 Å². The van der Waals surface area contributed by atoms with Gasteiger partial charge in [-0.25, -0.2) is 4.79 Å². The molecule has 0 aromatic carbocycles. The fraction of sp³-hybridized carbons (Fsp3) is 0.786. The second-order valence-corrected chi connectivity index (χ2v) is 4.53. The maximum Gasteiger partial charge on any atom is 0.331 e. The van der Waals surface area contributed by atoms with E-state index < -0.39 is 5.97 Å². The first-order chi connectivity index (χ1) is 9.96. The van der Waals surface area contributed by atoms with Crippen LogP contribution in [-0.2, 0) is 23.9 Å². The number of hydrogen-bond acceptors (Lipinski definition) is 5. The zero-order chi connectivity index (χ0) is 16.3. The Morgan fingerprint density at radius 3 is 2.10 bits per heavy atom. The molecule has 0 rings (SSSR count). The molecule has 7 nitrogen and oxygen atoms in total. The van der Waals surface area contributed by atoms with E-state index in [1.54, 1.807) is 30.7 Å². The summed E-state index contributed by atoms with van der Waals surface area (Å²) in [6.45, 7) is 5.04. The van der Waals surface area contributed by atoms with E-state index in [4.69, 9.17) is 4.74 Å². The van der Waals surface area contributed by atoms with Gasteiger partial charge in [-0.1, -0.05) is 13.8 Å². The van der Waals surface area contributed by atoms with Gasteiger partial charge in [0.15, 0.2) is 0 Å². The molecule has 122 valence electrons. The van der Waals surface area contributed by atoms with Crippen LogP contribution in [0.1, 0.15) is 26.7 Å². The van der Waals surface area contributed by atoms with Crippen LogP contribution in [0, 0.1) is 0 Å². The lowest BCUT2D eigenvalue weighted by Gasteiger charge is -2.25. The lowest BCUT2D eigenvalue weighted by molar-refractivity contribution is -0.146. The second kappa shape index (κ2) is 11.1. The summed E-state index contributed by atoms with van der Waals surface area (Å²) < 4.78 is 9.59. The number of ether oxygens (including phenoxy) is 2. The third-order valence-corrected chi connectivity index (χ3v) is 3.04. The van der Waals surface area contributed by atoms with Crippen molar-refractivity contribution in [3.8, 4) is 0 Å². The number of carbonyl (C=O) groups excluding carboxylic acids is 3. The summed E-state index contributed by atoms with van der Waals surface area (Å²) >= 11 is 0. The van der Waals surface area contributed by atoms with Crippen molar-refractivity contribution in [2.45, 2.75) is 26.7 Å². The summed E-state index contributed by atoms with van der Waals surface area (Å²) in [7, 11) is 3.01. The van der Waals surface area contributed by atoms with Crippen LogP contribution in [0.3, 0.4) is 0 Å². The zero-order valence-corrected chi connectivity index (χ0v) is 13.4. The van der Waals surface area contributed by atoms with Gasteiger partial charge in [0.2, 0.25) is 11.8 Å². The van der Waals surface area contributed by atoms with Crippen molar-refractivity contribution in [3.63, 3.8) is 0 Å². The van der Waals surface area contributed by atoms with Crippen LogP contribution >= 0.6 is 0 Å². The van der Waals surface area contributed by atoms with Crippen LogP contribution in [-0.4, -0.2) is 74.6 Å². The molecule has 0 atom stereocenters. The number of carbonyl (C=O) groups is 3. The highest BCUT2D eigenvalue weighted by atomic mass is 16.6.